The van der Waals surface area contributed by atoms with E-state index < -0.39 is 41.0 Å². The summed E-state index contributed by atoms with van der Waals surface area (Å²) in [5.74, 6) is -4.74. The van der Waals surface area contributed by atoms with Crippen molar-refractivity contribution in [3.05, 3.63) is 56.6 Å². The molecule has 2 N–H and O–H groups in total. The van der Waals surface area contributed by atoms with Gasteiger partial charge in [-0.2, -0.15) is 31.4 Å². The lowest BCUT2D eigenvalue weighted by Crippen LogP contribution is -2.53. The molecule has 18 heteroatoms. The molecular weight excluding hydrogens is 572 g/mol. The topological polar surface area (TPSA) is 157 Å². The van der Waals surface area contributed by atoms with Crippen LogP contribution in [0.5, 0.6) is 0 Å². The van der Waals surface area contributed by atoms with Crippen LogP contribution in [0, 0.1) is 5.92 Å². The molecule has 2 aliphatic rings. The Kier molecular flexibility index (Phi) is 10.8. The minimum absolute atomic E-state index is 0.240. The molecule has 1 saturated heterocycles. The first-order valence-corrected chi connectivity index (χ1v) is 11.9. The molecule has 2 aromatic heterocycles. The number of ether oxygens (including phenoxy) is 1. The van der Waals surface area contributed by atoms with Crippen LogP contribution in [0.3, 0.4) is 0 Å². The molecule has 1 unspecified atom stereocenters. The number of nitrogens with zero attached hydrogens (tertiary/aromatic N) is 5. The molecular formula is C23H27F6N5O7. The minimum Gasteiger partial charge on any atom is -0.475 e. The summed E-state index contributed by atoms with van der Waals surface area (Å²) < 4.78 is 72.5. The van der Waals surface area contributed by atoms with Crippen molar-refractivity contribution in [2.45, 2.75) is 64.5 Å². The molecule has 0 aliphatic carbocycles. The molecule has 4 rings (SSSR count). The third-order valence-corrected chi connectivity index (χ3v) is 5.71. The van der Waals surface area contributed by atoms with Gasteiger partial charge >= 0.3 is 35.4 Å². The average Bonchev–Trinajstić information content (AvgIpc) is 3.24. The number of aliphatic carboxylic acids is 2. The Morgan fingerprint density at radius 1 is 1.05 bits per heavy atom. The molecule has 0 aromatic carbocycles. The molecule has 0 bridgehead atoms. The number of likely N-dealkylation sites (tertiary alicyclic amines) is 1. The van der Waals surface area contributed by atoms with Gasteiger partial charge in [0.2, 0.25) is 0 Å². The van der Waals surface area contributed by atoms with Gasteiger partial charge in [0.05, 0.1) is 6.54 Å². The SMILES string of the molecule is CC(C)Cn1nc2n(c(=O)c1=O)CC1(CCN(Cc3cccnc3)C1)OC2.O=C(O)C(F)(F)F.O=C(O)C(F)(F)F. The molecule has 2 aliphatic heterocycles. The average molecular weight is 599 g/mol. The molecule has 41 heavy (non-hydrogen) atoms. The molecule has 1 spiro atoms. The summed E-state index contributed by atoms with van der Waals surface area (Å²) in [6.45, 7) is 7.47. The van der Waals surface area contributed by atoms with Crippen LogP contribution >= 0.6 is 0 Å². The van der Waals surface area contributed by atoms with Crippen LogP contribution in [0.25, 0.3) is 0 Å². The fourth-order valence-corrected chi connectivity index (χ4v) is 3.93. The Morgan fingerprint density at radius 2 is 1.63 bits per heavy atom. The van der Waals surface area contributed by atoms with Crippen molar-refractivity contribution in [2.75, 3.05) is 13.1 Å². The molecule has 2 aromatic rings. The fraction of sp³-hybridized carbons (Fsp3) is 0.565. The van der Waals surface area contributed by atoms with Crippen LogP contribution in [0.2, 0.25) is 0 Å². The zero-order valence-electron chi connectivity index (χ0n) is 21.8. The van der Waals surface area contributed by atoms with Crippen LogP contribution in [0.4, 0.5) is 26.3 Å². The number of carboxylic acid groups (broad SMARTS) is 2. The lowest BCUT2D eigenvalue weighted by molar-refractivity contribution is -0.193. The number of pyridine rings is 1. The Hall–Kier alpha value is -3.80. The van der Waals surface area contributed by atoms with Crippen molar-refractivity contribution in [2.24, 2.45) is 5.92 Å². The number of alkyl halides is 6. The van der Waals surface area contributed by atoms with Crippen molar-refractivity contribution in [1.82, 2.24) is 24.2 Å². The smallest absolute Gasteiger partial charge is 0.475 e. The normalized spacial score (nSPS) is 18.7. The molecule has 1 fully saturated rings. The minimum atomic E-state index is -5.08. The highest BCUT2D eigenvalue weighted by molar-refractivity contribution is 5.73. The molecule has 0 saturated carbocycles. The maximum Gasteiger partial charge on any atom is 0.490 e. The third-order valence-electron chi connectivity index (χ3n) is 5.71. The highest BCUT2D eigenvalue weighted by Gasteiger charge is 2.43. The summed E-state index contributed by atoms with van der Waals surface area (Å²) in [7, 11) is 0. The van der Waals surface area contributed by atoms with Crippen LogP contribution in [0.1, 0.15) is 31.7 Å². The number of carboxylic acids is 2. The van der Waals surface area contributed by atoms with Crippen LogP contribution in [-0.2, 0) is 40.6 Å². The first-order valence-electron chi connectivity index (χ1n) is 11.9. The molecule has 4 heterocycles. The molecule has 0 radical (unpaired) electrons. The highest BCUT2D eigenvalue weighted by atomic mass is 19.4. The number of rotatable bonds is 4. The lowest BCUT2D eigenvalue weighted by atomic mass is 10.0. The number of aromatic nitrogens is 4. The van der Waals surface area contributed by atoms with Crippen molar-refractivity contribution in [3.8, 4) is 0 Å². The van der Waals surface area contributed by atoms with E-state index in [2.05, 4.69) is 21.0 Å². The summed E-state index contributed by atoms with van der Waals surface area (Å²) in [6, 6.07) is 3.99. The first-order chi connectivity index (χ1) is 18.8. The largest absolute Gasteiger partial charge is 0.490 e. The Bertz CT molecular complexity index is 1300. The predicted octanol–water partition coefficient (Wildman–Crippen LogP) is 1.90. The van der Waals surface area contributed by atoms with E-state index in [0.29, 0.717) is 18.9 Å². The van der Waals surface area contributed by atoms with E-state index in [-0.39, 0.29) is 12.5 Å². The zero-order chi connectivity index (χ0) is 31.2. The maximum absolute atomic E-state index is 12.6. The van der Waals surface area contributed by atoms with Crippen molar-refractivity contribution < 1.29 is 50.9 Å². The number of halogens is 6. The van der Waals surface area contributed by atoms with Crippen LogP contribution < -0.4 is 11.1 Å². The Balaban J connectivity index is 0.000000349. The van der Waals surface area contributed by atoms with Gasteiger partial charge in [0.1, 0.15) is 12.2 Å². The Morgan fingerprint density at radius 3 is 2.12 bits per heavy atom. The molecule has 1 atom stereocenters. The second kappa shape index (κ2) is 13.2. The summed E-state index contributed by atoms with van der Waals surface area (Å²) in [5.41, 5.74) is -0.317. The molecule has 0 amide bonds. The van der Waals surface area contributed by atoms with E-state index in [9.17, 15) is 35.9 Å². The van der Waals surface area contributed by atoms with Crippen molar-refractivity contribution in [3.63, 3.8) is 0 Å². The number of hydrogen-bond acceptors (Lipinski definition) is 8. The van der Waals surface area contributed by atoms with E-state index in [1.807, 2.05) is 26.1 Å². The van der Waals surface area contributed by atoms with Gasteiger partial charge in [0, 0.05) is 38.6 Å². The van der Waals surface area contributed by atoms with Crippen molar-refractivity contribution in [1.29, 1.82) is 0 Å². The van der Waals surface area contributed by atoms with E-state index >= 15 is 0 Å². The van der Waals surface area contributed by atoms with E-state index in [1.165, 1.54) is 9.25 Å². The monoisotopic (exact) mass is 599 g/mol. The van der Waals surface area contributed by atoms with Gasteiger partial charge in [-0.25, -0.2) is 14.3 Å². The zero-order valence-corrected chi connectivity index (χ0v) is 21.8. The Labute approximate surface area is 227 Å². The number of fused-ring (bicyclic) bond motifs is 1. The van der Waals surface area contributed by atoms with Gasteiger partial charge in [0.15, 0.2) is 5.82 Å². The standard InChI is InChI=1S/C19H25N5O3.2C2HF3O2/c1-14(2)9-24-18(26)17(25)23-13-19(27-11-16(23)21-24)5-7-22(12-19)10-15-4-3-6-20-8-15;2*3-2(4,5)1(6)7/h3-4,6,8,14H,5,7,9-13H2,1-2H3;2*(H,6,7). The molecule has 12 nitrogen and oxygen atoms in total. The van der Waals surface area contributed by atoms with Gasteiger partial charge in [-0.15, -0.1) is 0 Å². The van der Waals surface area contributed by atoms with Gasteiger partial charge in [-0.1, -0.05) is 19.9 Å². The fourth-order valence-electron chi connectivity index (χ4n) is 3.93. The van der Waals surface area contributed by atoms with Gasteiger partial charge in [-0.3, -0.25) is 24.0 Å². The summed E-state index contributed by atoms with van der Waals surface area (Å²) in [4.78, 5) is 49.3. The van der Waals surface area contributed by atoms with Gasteiger partial charge in [-0.05, 0) is 24.0 Å². The summed E-state index contributed by atoms with van der Waals surface area (Å²) >= 11 is 0. The van der Waals surface area contributed by atoms with Crippen LogP contribution in [-0.4, -0.2) is 77.4 Å². The quantitative estimate of drug-likeness (QED) is 0.393. The second-order valence-electron chi connectivity index (χ2n) is 9.59. The third kappa shape index (κ3) is 9.66. The number of carbonyl (C=O) groups is 2. The van der Waals surface area contributed by atoms with Crippen LogP contribution in [0.15, 0.2) is 34.1 Å². The summed E-state index contributed by atoms with van der Waals surface area (Å²) in [5, 5.41) is 18.6. The number of hydrogen-bond donors (Lipinski definition) is 2. The highest BCUT2D eigenvalue weighted by Crippen LogP contribution is 2.31. The first kappa shape index (κ1) is 33.4. The van der Waals surface area contributed by atoms with E-state index in [1.54, 1.807) is 6.20 Å². The van der Waals surface area contributed by atoms with Crippen molar-refractivity contribution >= 4 is 11.9 Å². The molecule has 228 valence electrons. The summed E-state index contributed by atoms with van der Waals surface area (Å²) in [6.07, 6.45) is -5.70. The second-order valence-corrected chi connectivity index (χ2v) is 9.59. The van der Waals surface area contributed by atoms with E-state index in [4.69, 9.17) is 24.5 Å². The van der Waals surface area contributed by atoms with E-state index in [0.717, 1.165) is 31.6 Å². The predicted molar refractivity (Wildman–Crippen MR) is 127 cm³/mol. The lowest BCUT2D eigenvalue weighted by Gasteiger charge is -2.35. The maximum atomic E-state index is 12.6. The van der Waals surface area contributed by atoms with Gasteiger partial charge < -0.3 is 14.9 Å². The van der Waals surface area contributed by atoms with Gasteiger partial charge in [0.25, 0.3) is 0 Å².